The van der Waals surface area contributed by atoms with Gasteiger partial charge in [0.2, 0.25) is 5.95 Å². The molecule has 28 heavy (non-hydrogen) atoms. The zero-order chi connectivity index (χ0) is 19.3. The van der Waals surface area contributed by atoms with E-state index in [4.69, 9.17) is 4.98 Å². The topological polar surface area (TPSA) is 65.4 Å². The number of anilines is 1. The number of nitrogens with zero attached hydrogens (tertiary/aromatic N) is 5. The molecular weight excluding hydrogens is 350 g/mol. The lowest BCUT2D eigenvalue weighted by Crippen LogP contribution is -2.53. The van der Waals surface area contributed by atoms with E-state index in [2.05, 4.69) is 38.0 Å². The Morgan fingerprint density at radius 1 is 1.11 bits per heavy atom. The molecule has 2 aromatic rings. The molecule has 0 spiro atoms. The summed E-state index contributed by atoms with van der Waals surface area (Å²) in [4.78, 5) is 18.9. The van der Waals surface area contributed by atoms with Crippen molar-refractivity contribution < 1.29 is 5.11 Å². The van der Waals surface area contributed by atoms with Gasteiger partial charge in [0.25, 0.3) is 0 Å². The van der Waals surface area contributed by atoms with Gasteiger partial charge < -0.3 is 10.0 Å². The molecule has 2 aliphatic rings. The van der Waals surface area contributed by atoms with E-state index in [1.165, 1.54) is 31.4 Å². The first kappa shape index (κ1) is 19.3. The average Bonchev–Trinajstić information content (AvgIpc) is 3.25. The molecule has 1 atom stereocenters. The second kappa shape index (κ2) is 8.97. The molecular formula is C22H31N5O. The van der Waals surface area contributed by atoms with Crippen LogP contribution in [-0.2, 0) is 6.54 Å². The molecule has 1 saturated heterocycles. The quantitative estimate of drug-likeness (QED) is 0.830. The number of aliphatic hydroxyl groups excluding tert-OH is 1. The van der Waals surface area contributed by atoms with Gasteiger partial charge in [-0.3, -0.25) is 9.88 Å². The zero-order valence-corrected chi connectivity index (χ0v) is 16.8. The Morgan fingerprint density at radius 3 is 2.75 bits per heavy atom. The van der Waals surface area contributed by atoms with Crippen molar-refractivity contribution in [3.05, 3.63) is 47.5 Å². The number of aliphatic hydroxyl groups is 1. The van der Waals surface area contributed by atoms with Crippen LogP contribution in [0.1, 0.15) is 55.1 Å². The van der Waals surface area contributed by atoms with Crippen LogP contribution in [0.25, 0.3) is 0 Å². The Labute approximate surface area is 167 Å². The van der Waals surface area contributed by atoms with Gasteiger partial charge in [-0.05, 0) is 44.4 Å². The predicted molar refractivity (Wildman–Crippen MR) is 110 cm³/mol. The maximum atomic E-state index is 9.60. The van der Waals surface area contributed by atoms with Gasteiger partial charge in [-0.1, -0.05) is 18.9 Å². The Balaban J connectivity index is 1.46. The van der Waals surface area contributed by atoms with Gasteiger partial charge >= 0.3 is 0 Å². The highest BCUT2D eigenvalue weighted by atomic mass is 16.3. The molecule has 2 aromatic heterocycles. The number of pyridine rings is 1. The van der Waals surface area contributed by atoms with E-state index in [0.29, 0.717) is 5.92 Å². The highest BCUT2D eigenvalue weighted by molar-refractivity contribution is 5.33. The van der Waals surface area contributed by atoms with Crippen LogP contribution in [0.3, 0.4) is 0 Å². The minimum atomic E-state index is 0.194. The van der Waals surface area contributed by atoms with Gasteiger partial charge in [0, 0.05) is 62.3 Å². The maximum Gasteiger partial charge on any atom is 0.225 e. The number of hydrogen-bond donors (Lipinski definition) is 1. The summed E-state index contributed by atoms with van der Waals surface area (Å²) in [6.07, 6.45) is 7.80. The predicted octanol–water partition coefficient (Wildman–Crippen LogP) is 2.91. The van der Waals surface area contributed by atoms with Crippen LogP contribution in [-0.4, -0.2) is 57.2 Å². The highest BCUT2D eigenvalue weighted by Crippen LogP contribution is 2.33. The van der Waals surface area contributed by atoms with Crippen LogP contribution in [0.15, 0.2) is 30.5 Å². The van der Waals surface area contributed by atoms with E-state index < -0.39 is 0 Å². The van der Waals surface area contributed by atoms with Crippen LogP contribution in [0.4, 0.5) is 5.95 Å². The fourth-order valence-corrected chi connectivity index (χ4v) is 4.56. The van der Waals surface area contributed by atoms with E-state index in [1.807, 2.05) is 19.2 Å². The molecule has 0 bridgehead atoms. The van der Waals surface area contributed by atoms with Gasteiger partial charge in [0.15, 0.2) is 0 Å². The van der Waals surface area contributed by atoms with Crippen molar-refractivity contribution in [3.8, 4) is 0 Å². The first-order chi connectivity index (χ1) is 13.7. The molecule has 6 nitrogen and oxygen atoms in total. The lowest BCUT2D eigenvalue weighted by Gasteiger charge is -2.41. The molecule has 0 radical (unpaired) electrons. The number of piperazine rings is 1. The molecule has 1 aliphatic heterocycles. The Bertz CT molecular complexity index is 777. The summed E-state index contributed by atoms with van der Waals surface area (Å²) in [6, 6.07) is 8.55. The molecule has 2 fully saturated rings. The molecule has 1 N–H and O–H groups in total. The smallest absolute Gasteiger partial charge is 0.225 e. The third-order valence-electron chi connectivity index (χ3n) is 6.10. The Morgan fingerprint density at radius 2 is 1.96 bits per heavy atom. The second-order valence-corrected chi connectivity index (χ2v) is 8.12. The van der Waals surface area contributed by atoms with Gasteiger partial charge in [-0.25, -0.2) is 9.97 Å². The van der Waals surface area contributed by atoms with Gasteiger partial charge in [0.05, 0.1) is 5.69 Å². The summed E-state index contributed by atoms with van der Waals surface area (Å²) in [5, 5.41) is 9.60. The fraction of sp³-hybridized carbons (Fsp3) is 0.591. The third-order valence-corrected chi connectivity index (χ3v) is 6.10. The van der Waals surface area contributed by atoms with Crippen molar-refractivity contribution in [1.82, 2.24) is 19.9 Å². The number of aryl methyl sites for hydroxylation is 1. The van der Waals surface area contributed by atoms with Crippen molar-refractivity contribution in [3.63, 3.8) is 0 Å². The molecule has 0 aromatic carbocycles. The Hall–Kier alpha value is -2.05. The minimum absolute atomic E-state index is 0.194. The van der Waals surface area contributed by atoms with Gasteiger partial charge in [-0.2, -0.15) is 0 Å². The van der Waals surface area contributed by atoms with Gasteiger partial charge in [-0.15, -0.1) is 0 Å². The minimum Gasteiger partial charge on any atom is -0.396 e. The van der Waals surface area contributed by atoms with Crippen molar-refractivity contribution in [1.29, 1.82) is 0 Å². The van der Waals surface area contributed by atoms with Crippen LogP contribution in [0.2, 0.25) is 0 Å². The van der Waals surface area contributed by atoms with Crippen LogP contribution >= 0.6 is 0 Å². The number of aromatic nitrogens is 3. The SMILES string of the molecule is Cc1cccc(CN2CCN(c3nccc(C4CCCC4)n3)C[C@@H]2CCO)n1. The maximum absolute atomic E-state index is 9.60. The first-order valence-corrected chi connectivity index (χ1v) is 10.6. The van der Waals surface area contributed by atoms with Crippen LogP contribution < -0.4 is 4.90 Å². The van der Waals surface area contributed by atoms with Crippen molar-refractivity contribution in [2.24, 2.45) is 0 Å². The highest BCUT2D eigenvalue weighted by Gasteiger charge is 2.29. The van der Waals surface area contributed by atoms with E-state index in [9.17, 15) is 5.11 Å². The summed E-state index contributed by atoms with van der Waals surface area (Å²) in [5.74, 6) is 1.45. The lowest BCUT2D eigenvalue weighted by atomic mass is 10.0. The molecule has 6 heteroatoms. The standard InChI is InChI=1S/C22H31N5O/c1-17-5-4-8-19(24-17)15-26-12-13-27(16-20(26)10-14-28)22-23-11-9-21(25-22)18-6-2-3-7-18/h4-5,8-9,11,18,20,28H,2-3,6-7,10,12-16H2,1H3/t20-/m0/s1. The first-order valence-electron chi connectivity index (χ1n) is 10.6. The molecule has 1 saturated carbocycles. The summed E-state index contributed by atoms with van der Waals surface area (Å²) in [6.45, 7) is 5.73. The zero-order valence-electron chi connectivity index (χ0n) is 16.8. The van der Waals surface area contributed by atoms with Crippen molar-refractivity contribution >= 4 is 5.95 Å². The lowest BCUT2D eigenvalue weighted by molar-refractivity contribution is 0.133. The number of hydrogen-bond acceptors (Lipinski definition) is 6. The van der Waals surface area contributed by atoms with E-state index in [-0.39, 0.29) is 12.6 Å². The molecule has 1 aliphatic carbocycles. The van der Waals surface area contributed by atoms with Gasteiger partial charge in [0.1, 0.15) is 0 Å². The summed E-state index contributed by atoms with van der Waals surface area (Å²) < 4.78 is 0. The van der Waals surface area contributed by atoms with Crippen molar-refractivity contribution in [2.45, 2.75) is 57.5 Å². The summed E-state index contributed by atoms with van der Waals surface area (Å²) >= 11 is 0. The normalized spacial score (nSPS) is 21.4. The fourth-order valence-electron chi connectivity index (χ4n) is 4.56. The summed E-state index contributed by atoms with van der Waals surface area (Å²) in [7, 11) is 0. The number of rotatable bonds is 6. The molecule has 0 unspecified atom stereocenters. The third kappa shape index (κ3) is 4.50. The van der Waals surface area contributed by atoms with E-state index in [0.717, 1.165) is 49.9 Å². The van der Waals surface area contributed by atoms with Crippen LogP contribution in [0.5, 0.6) is 0 Å². The Kier molecular flexibility index (Phi) is 6.17. The molecule has 150 valence electrons. The van der Waals surface area contributed by atoms with Crippen LogP contribution in [0, 0.1) is 6.92 Å². The molecule has 3 heterocycles. The van der Waals surface area contributed by atoms with Crippen molar-refractivity contribution in [2.75, 3.05) is 31.1 Å². The summed E-state index contributed by atoms with van der Waals surface area (Å²) in [5.41, 5.74) is 3.34. The second-order valence-electron chi connectivity index (χ2n) is 8.12. The average molecular weight is 382 g/mol. The monoisotopic (exact) mass is 381 g/mol. The van der Waals surface area contributed by atoms with E-state index in [1.54, 1.807) is 0 Å². The van der Waals surface area contributed by atoms with E-state index >= 15 is 0 Å². The molecule has 0 amide bonds. The molecule has 4 rings (SSSR count). The largest absolute Gasteiger partial charge is 0.396 e.